The van der Waals surface area contributed by atoms with Crippen molar-refractivity contribution in [1.82, 2.24) is 4.98 Å². The number of carbonyl (C=O) groups excluding carboxylic acids is 1. The topological polar surface area (TPSA) is 65.2 Å². The van der Waals surface area contributed by atoms with Crippen molar-refractivity contribution in [3.8, 4) is 0 Å². The first-order valence-electron chi connectivity index (χ1n) is 4.72. The van der Waals surface area contributed by atoms with Gasteiger partial charge in [-0.15, -0.1) is 0 Å². The zero-order chi connectivity index (χ0) is 13.0. The Hall–Kier alpha value is -0.830. The molecule has 94 valence electrons. The number of rotatable bonds is 4. The van der Waals surface area contributed by atoms with Gasteiger partial charge in [0.05, 0.1) is 24.8 Å². The van der Waals surface area contributed by atoms with Crippen molar-refractivity contribution in [2.75, 3.05) is 7.11 Å². The van der Waals surface area contributed by atoms with Gasteiger partial charge in [0.2, 0.25) is 0 Å². The van der Waals surface area contributed by atoms with E-state index in [1.807, 2.05) is 0 Å². The molecule has 1 rings (SSSR count). The normalized spacial score (nSPS) is 10.7. The number of alkyl halides is 2. The molecule has 0 saturated carbocycles. The Morgan fingerprint density at radius 3 is 2.76 bits per heavy atom. The van der Waals surface area contributed by atoms with Gasteiger partial charge in [0.1, 0.15) is 0 Å². The number of aromatic nitrogens is 1. The Kier molecular flexibility index (Phi) is 5.19. The highest BCUT2D eigenvalue weighted by atomic mass is 127. The van der Waals surface area contributed by atoms with Crippen LogP contribution in [0.4, 0.5) is 8.78 Å². The Morgan fingerprint density at radius 1 is 1.65 bits per heavy atom. The van der Waals surface area contributed by atoms with E-state index in [0.29, 0.717) is 9.13 Å². The number of methoxy groups -OCH3 is 1. The maximum atomic E-state index is 12.9. The highest BCUT2D eigenvalue weighted by Crippen LogP contribution is 2.29. The molecule has 0 spiro atoms. The van der Waals surface area contributed by atoms with Gasteiger partial charge in [-0.3, -0.25) is 9.78 Å². The van der Waals surface area contributed by atoms with Gasteiger partial charge in [-0.05, 0) is 28.2 Å². The lowest BCUT2D eigenvalue weighted by atomic mass is 10.1. The molecule has 1 heterocycles. The van der Waals surface area contributed by atoms with Crippen molar-refractivity contribution in [1.29, 1.82) is 0 Å². The van der Waals surface area contributed by atoms with Crippen molar-refractivity contribution in [2.24, 2.45) is 5.73 Å². The van der Waals surface area contributed by atoms with Gasteiger partial charge < -0.3 is 10.5 Å². The highest BCUT2D eigenvalue weighted by Gasteiger charge is 2.21. The summed E-state index contributed by atoms with van der Waals surface area (Å²) >= 11 is 1.77. The highest BCUT2D eigenvalue weighted by molar-refractivity contribution is 14.1. The summed E-state index contributed by atoms with van der Waals surface area (Å²) in [4.78, 5) is 15.0. The minimum atomic E-state index is -2.66. The summed E-state index contributed by atoms with van der Waals surface area (Å²) in [5.74, 6) is -0.495. The van der Waals surface area contributed by atoms with Crippen LogP contribution in [0.15, 0.2) is 6.20 Å². The average molecular weight is 356 g/mol. The van der Waals surface area contributed by atoms with Crippen LogP contribution >= 0.6 is 22.6 Å². The molecule has 0 saturated heterocycles. The lowest BCUT2D eigenvalue weighted by molar-refractivity contribution is -0.139. The number of carbonyl (C=O) groups is 1. The van der Waals surface area contributed by atoms with Gasteiger partial charge in [0, 0.05) is 16.3 Å². The molecular weight excluding hydrogens is 345 g/mol. The molecule has 4 nitrogen and oxygen atoms in total. The number of pyridine rings is 1. The van der Waals surface area contributed by atoms with E-state index < -0.39 is 12.4 Å². The fourth-order valence-electron chi connectivity index (χ4n) is 1.32. The minimum absolute atomic E-state index is 0.0613. The molecule has 7 heteroatoms. The molecule has 0 radical (unpaired) electrons. The first-order chi connectivity index (χ1) is 8.01. The lowest BCUT2D eigenvalue weighted by Gasteiger charge is -2.12. The summed E-state index contributed by atoms with van der Waals surface area (Å²) in [6.07, 6.45) is -1.36. The second-order valence-electron chi connectivity index (χ2n) is 3.22. The summed E-state index contributed by atoms with van der Waals surface area (Å²) in [5, 5.41) is 0. The van der Waals surface area contributed by atoms with E-state index in [1.165, 1.54) is 13.3 Å². The fraction of sp³-hybridized carbons (Fsp3) is 0.400. The third-order valence-corrected chi connectivity index (χ3v) is 3.45. The first kappa shape index (κ1) is 14.2. The zero-order valence-corrected chi connectivity index (χ0v) is 11.2. The number of halogens is 3. The molecule has 0 aliphatic heterocycles. The van der Waals surface area contributed by atoms with E-state index in [2.05, 4.69) is 9.72 Å². The first-order valence-corrected chi connectivity index (χ1v) is 5.80. The summed E-state index contributed by atoms with van der Waals surface area (Å²) in [5.41, 5.74) is 5.72. The molecule has 0 fully saturated rings. The number of nitrogens with zero attached hydrogens (tertiary/aromatic N) is 1. The molecule has 1 aromatic heterocycles. The quantitative estimate of drug-likeness (QED) is 0.660. The third kappa shape index (κ3) is 3.32. The van der Waals surface area contributed by atoms with Gasteiger partial charge in [-0.25, -0.2) is 8.78 Å². The van der Waals surface area contributed by atoms with Gasteiger partial charge >= 0.3 is 5.97 Å². The predicted molar refractivity (Wildman–Crippen MR) is 65.5 cm³/mol. The van der Waals surface area contributed by atoms with E-state index in [4.69, 9.17) is 5.73 Å². The van der Waals surface area contributed by atoms with E-state index in [0.717, 1.165) is 0 Å². The van der Waals surface area contributed by atoms with Crippen LogP contribution in [0.25, 0.3) is 0 Å². The maximum absolute atomic E-state index is 12.9. The van der Waals surface area contributed by atoms with Gasteiger partial charge in [0.15, 0.2) is 0 Å². The molecule has 2 N–H and O–H groups in total. The predicted octanol–water partition coefficient (Wildman–Crippen LogP) is 1.80. The largest absolute Gasteiger partial charge is 0.469 e. The fourth-order valence-corrected chi connectivity index (χ4v) is 2.19. The van der Waals surface area contributed by atoms with Crippen LogP contribution in [0.2, 0.25) is 0 Å². The van der Waals surface area contributed by atoms with Crippen LogP contribution in [0.3, 0.4) is 0 Å². The van der Waals surface area contributed by atoms with Crippen molar-refractivity contribution < 1.29 is 18.3 Å². The van der Waals surface area contributed by atoms with Crippen LogP contribution in [0.1, 0.15) is 23.2 Å². The minimum Gasteiger partial charge on any atom is -0.469 e. The average Bonchev–Trinajstić information content (AvgIpc) is 2.30. The molecule has 0 aliphatic carbocycles. The molecule has 1 aromatic rings. The number of hydrogen-bond donors (Lipinski definition) is 1. The van der Waals surface area contributed by atoms with E-state index in [-0.39, 0.29) is 24.2 Å². The summed E-state index contributed by atoms with van der Waals surface area (Å²) in [6, 6.07) is 0. The van der Waals surface area contributed by atoms with Crippen molar-refractivity contribution in [3.05, 3.63) is 26.6 Å². The Balaban J connectivity index is 3.18. The second kappa shape index (κ2) is 6.20. The molecular formula is C10H11F2IN2O2. The maximum Gasteiger partial charge on any atom is 0.310 e. The number of esters is 1. The number of hydrogen-bond acceptors (Lipinski definition) is 4. The van der Waals surface area contributed by atoms with Crippen LogP contribution in [0.5, 0.6) is 0 Å². The molecule has 0 aliphatic rings. The van der Waals surface area contributed by atoms with Crippen LogP contribution in [-0.4, -0.2) is 18.1 Å². The zero-order valence-electron chi connectivity index (χ0n) is 9.04. The number of ether oxygens (including phenoxy) is 1. The van der Waals surface area contributed by atoms with Crippen LogP contribution in [0, 0.1) is 3.57 Å². The molecule has 0 aromatic carbocycles. The van der Waals surface area contributed by atoms with Crippen LogP contribution in [-0.2, 0) is 22.5 Å². The summed E-state index contributed by atoms with van der Waals surface area (Å²) in [7, 11) is 1.24. The smallest absolute Gasteiger partial charge is 0.310 e. The van der Waals surface area contributed by atoms with Crippen LogP contribution < -0.4 is 5.73 Å². The number of nitrogens with two attached hydrogens (primary N) is 1. The third-order valence-electron chi connectivity index (χ3n) is 2.18. The van der Waals surface area contributed by atoms with Gasteiger partial charge in [0.25, 0.3) is 6.43 Å². The standard InChI is InChI=1S/C10H11F2IN2O2/c1-17-7(16)2-5-4-15-6(3-14)8(9(5)13)10(11)12/h4,10H,2-3,14H2,1H3. The van der Waals surface area contributed by atoms with Crippen molar-refractivity contribution >= 4 is 28.6 Å². The molecule has 0 atom stereocenters. The van der Waals surface area contributed by atoms with Crippen molar-refractivity contribution in [3.63, 3.8) is 0 Å². The van der Waals surface area contributed by atoms with Crippen molar-refractivity contribution in [2.45, 2.75) is 19.4 Å². The molecule has 0 bridgehead atoms. The molecule has 0 unspecified atom stereocenters. The monoisotopic (exact) mass is 356 g/mol. The van der Waals surface area contributed by atoms with E-state index in [1.54, 1.807) is 22.6 Å². The Morgan fingerprint density at radius 2 is 2.29 bits per heavy atom. The molecule has 17 heavy (non-hydrogen) atoms. The SMILES string of the molecule is COC(=O)Cc1cnc(CN)c(C(F)F)c1I. The lowest BCUT2D eigenvalue weighted by Crippen LogP contribution is -2.12. The van der Waals surface area contributed by atoms with Gasteiger partial charge in [-0.2, -0.15) is 0 Å². The van der Waals surface area contributed by atoms with E-state index in [9.17, 15) is 13.6 Å². The van der Waals surface area contributed by atoms with Gasteiger partial charge in [-0.1, -0.05) is 0 Å². The Labute approximate surface area is 111 Å². The van der Waals surface area contributed by atoms with E-state index >= 15 is 0 Å². The summed E-state index contributed by atoms with van der Waals surface area (Å²) in [6.45, 7) is -0.0613. The Bertz CT molecular complexity index is 427. The molecule has 0 amide bonds. The second-order valence-corrected chi connectivity index (χ2v) is 4.29. The summed E-state index contributed by atoms with van der Waals surface area (Å²) < 4.78 is 30.5.